The summed E-state index contributed by atoms with van der Waals surface area (Å²) in [6.45, 7) is 0.823. The molecule has 1 rings (SSSR count). The van der Waals surface area contributed by atoms with Gasteiger partial charge in [0.1, 0.15) is 6.34 Å². The molecular formula is C4H8N3+. The van der Waals surface area contributed by atoms with E-state index in [2.05, 4.69) is 9.98 Å². The normalized spacial score (nSPS) is 28.4. The van der Waals surface area contributed by atoms with Gasteiger partial charge in [0.2, 0.25) is 0 Å². The van der Waals surface area contributed by atoms with Gasteiger partial charge in [0.15, 0.2) is 13.0 Å². The average Bonchev–Trinajstić information content (AvgIpc) is 1.69. The highest BCUT2D eigenvalue weighted by Crippen LogP contribution is 1.60. The topological polar surface area (TPSA) is 29.2 Å². The van der Waals surface area contributed by atoms with Crippen LogP contribution < -0.4 is 4.90 Å². The van der Waals surface area contributed by atoms with Crippen LogP contribution in [-0.2, 0) is 0 Å². The van der Waals surface area contributed by atoms with Crippen molar-refractivity contribution in [1.82, 2.24) is 0 Å². The third kappa shape index (κ3) is 1.08. The van der Waals surface area contributed by atoms with E-state index in [0.29, 0.717) is 0 Å². The quantitative estimate of drug-likeness (QED) is 0.383. The summed E-state index contributed by atoms with van der Waals surface area (Å²) in [6, 6.07) is 0. The Labute approximate surface area is 42.4 Å². The minimum absolute atomic E-state index is 0.823. The number of quaternary nitrogens is 1. The number of hydrogen-bond donors (Lipinski definition) is 1. The second-order valence-corrected chi connectivity index (χ2v) is 1.58. The maximum atomic E-state index is 3.90. The summed E-state index contributed by atoms with van der Waals surface area (Å²) in [7, 11) is 2.01. The Bertz CT molecular complexity index is 106. The minimum Gasteiger partial charge on any atom is -0.276 e. The van der Waals surface area contributed by atoms with Gasteiger partial charge >= 0.3 is 0 Å². The van der Waals surface area contributed by atoms with Gasteiger partial charge < -0.3 is 0 Å². The zero-order chi connectivity index (χ0) is 5.11. The summed E-state index contributed by atoms with van der Waals surface area (Å²) in [4.78, 5) is 8.93. The Balaban J connectivity index is 2.49. The smallest absolute Gasteiger partial charge is 0.191 e. The Kier molecular flexibility index (Phi) is 1.17. The number of hydrogen-bond acceptors (Lipinski definition) is 2. The van der Waals surface area contributed by atoms with Crippen molar-refractivity contribution in [2.45, 2.75) is 0 Å². The standard InChI is InChI=1S/C4H7N3/c1-7-3-5-2-6-4-7/h2-3H,4H2,1H3/p+1. The van der Waals surface area contributed by atoms with Crippen LogP contribution in [0.15, 0.2) is 9.98 Å². The average molecular weight is 98.1 g/mol. The van der Waals surface area contributed by atoms with Crippen molar-refractivity contribution in [3.05, 3.63) is 0 Å². The number of nitrogens with one attached hydrogen (secondary N) is 1. The fourth-order valence-corrected chi connectivity index (χ4v) is 0.433. The van der Waals surface area contributed by atoms with Gasteiger partial charge in [-0.05, 0) is 0 Å². The van der Waals surface area contributed by atoms with Crippen molar-refractivity contribution in [2.75, 3.05) is 13.7 Å². The van der Waals surface area contributed by atoms with Crippen molar-refractivity contribution in [1.29, 1.82) is 0 Å². The first-order valence-electron chi connectivity index (χ1n) is 2.23. The van der Waals surface area contributed by atoms with E-state index in [-0.39, 0.29) is 0 Å². The van der Waals surface area contributed by atoms with Crippen LogP contribution in [0.4, 0.5) is 0 Å². The van der Waals surface area contributed by atoms with Gasteiger partial charge in [0, 0.05) is 0 Å². The van der Waals surface area contributed by atoms with E-state index in [4.69, 9.17) is 0 Å². The van der Waals surface area contributed by atoms with Crippen LogP contribution in [0.5, 0.6) is 0 Å². The predicted molar refractivity (Wildman–Crippen MR) is 28.7 cm³/mol. The molecule has 1 unspecified atom stereocenters. The molecule has 0 radical (unpaired) electrons. The van der Waals surface area contributed by atoms with Crippen LogP contribution >= 0.6 is 0 Å². The predicted octanol–water partition coefficient (Wildman–Crippen LogP) is -1.47. The fourth-order valence-electron chi connectivity index (χ4n) is 0.433. The zero-order valence-corrected chi connectivity index (χ0v) is 4.26. The van der Waals surface area contributed by atoms with E-state index in [9.17, 15) is 0 Å². The lowest BCUT2D eigenvalue weighted by Crippen LogP contribution is -3.08. The summed E-state index contributed by atoms with van der Waals surface area (Å²) >= 11 is 0. The summed E-state index contributed by atoms with van der Waals surface area (Å²) in [5.41, 5.74) is 0. The SMILES string of the molecule is C[NH+]1C=NC=NC1. The highest BCUT2D eigenvalue weighted by Gasteiger charge is 1.94. The minimum atomic E-state index is 0.823. The molecule has 0 saturated heterocycles. The Morgan fingerprint density at radius 2 is 2.57 bits per heavy atom. The molecule has 1 aliphatic heterocycles. The van der Waals surface area contributed by atoms with Crippen LogP contribution in [0.1, 0.15) is 0 Å². The van der Waals surface area contributed by atoms with Gasteiger partial charge in [0.25, 0.3) is 0 Å². The number of rotatable bonds is 0. The molecular weight excluding hydrogens is 90.1 g/mol. The van der Waals surface area contributed by atoms with E-state index in [0.717, 1.165) is 6.67 Å². The summed E-state index contributed by atoms with van der Waals surface area (Å²) in [5, 5.41) is 0. The maximum Gasteiger partial charge on any atom is 0.191 e. The Hall–Kier alpha value is -0.700. The second kappa shape index (κ2) is 1.84. The van der Waals surface area contributed by atoms with E-state index in [1.165, 1.54) is 4.90 Å². The van der Waals surface area contributed by atoms with Gasteiger partial charge in [-0.1, -0.05) is 0 Å². The highest BCUT2D eigenvalue weighted by molar-refractivity contribution is 5.67. The third-order valence-electron chi connectivity index (χ3n) is 0.784. The molecule has 1 heterocycles. The van der Waals surface area contributed by atoms with E-state index >= 15 is 0 Å². The molecule has 0 amide bonds. The van der Waals surface area contributed by atoms with E-state index in [1.54, 1.807) is 6.34 Å². The second-order valence-electron chi connectivity index (χ2n) is 1.58. The van der Waals surface area contributed by atoms with Crippen LogP contribution in [-0.4, -0.2) is 26.4 Å². The van der Waals surface area contributed by atoms with E-state index in [1.807, 2.05) is 13.4 Å². The molecule has 1 N–H and O–H groups in total. The number of aliphatic imine (C=N–C) groups is 2. The van der Waals surface area contributed by atoms with E-state index < -0.39 is 0 Å². The van der Waals surface area contributed by atoms with Gasteiger partial charge in [-0.25, -0.2) is 4.99 Å². The lowest BCUT2D eigenvalue weighted by Gasteiger charge is -2.03. The lowest BCUT2D eigenvalue weighted by molar-refractivity contribution is -0.774. The first-order chi connectivity index (χ1) is 3.39. The summed E-state index contributed by atoms with van der Waals surface area (Å²) in [6.07, 6.45) is 3.40. The lowest BCUT2D eigenvalue weighted by atomic mass is 10.8. The first-order valence-corrected chi connectivity index (χ1v) is 2.23. The van der Waals surface area contributed by atoms with Crippen molar-refractivity contribution in [3.63, 3.8) is 0 Å². The molecule has 3 nitrogen and oxygen atoms in total. The molecule has 7 heavy (non-hydrogen) atoms. The molecule has 0 saturated carbocycles. The summed E-state index contributed by atoms with van der Waals surface area (Å²) in [5.74, 6) is 0. The molecule has 0 aromatic carbocycles. The Morgan fingerprint density at radius 1 is 1.71 bits per heavy atom. The van der Waals surface area contributed by atoms with Crippen molar-refractivity contribution >= 4 is 12.7 Å². The van der Waals surface area contributed by atoms with Crippen LogP contribution in [0.2, 0.25) is 0 Å². The molecule has 1 atom stereocenters. The molecule has 0 fully saturated rings. The van der Waals surface area contributed by atoms with Crippen LogP contribution in [0.25, 0.3) is 0 Å². The Morgan fingerprint density at radius 3 is 2.86 bits per heavy atom. The molecule has 1 aliphatic rings. The van der Waals surface area contributed by atoms with Gasteiger partial charge in [-0.15, -0.1) is 0 Å². The molecule has 0 aromatic rings. The van der Waals surface area contributed by atoms with Gasteiger partial charge in [0.05, 0.1) is 7.05 Å². The maximum absolute atomic E-state index is 3.90. The van der Waals surface area contributed by atoms with Crippen molar-refractivity contribution < 1.29 is 4.90 Å². The molecule has 0 bridgehead atoms. The zero-order valence-electron chi connectivity index (χ0n) is 4.26. The molecule has 3 heteroatoms. The molecule has 0 aliphatic carbocycles. The van der Waals surface area contributed by atoms with Gasteiger partial charge in [-0.2, -0.15) is 4.99 Å². The molecule has 0 spiro atoms. The molecule has 0 aromatic heterocycles. The van der Waals surface area contributed by atoms with Crippen molar-refractivity contribution in [3.8, 4) is 0 Å². The van der Waals surface area contributed by atoms with Gasteiger partial charge in [-0.3, -0.25) is 4.90 Å². The van der Waals surface area contributed by atoms with Crippen molar-refractivity contribution in [2.24, 2.45) is 9.98 Å². The summed E-state index contributed by atoms with van der Waals surface area (Å²) < 4.78 is 0. The monoisotopic (exact) mass is 98.1 g/mol. The van der Waals surface area contributed by atoms with Crippen LogP contribution in [0, 0.1) is 0 Å². The van der Waals surface area contributed by atoms with Crippen LogP contribution in [0.3, 0.4) is 0 Å². The first kappa shape index (κ1) is 4.46. The highest BCUT2D eigenvalue weighted by atomic mass is 15.2. The third-order valence-corrected chi connectivity index (χ3v) is 0.784. The number of nitrogens with zero attached hydrogens (tertiary/aromatic N) is 2. The molecule has 38 valence electrons. The fraction of sp³-hybridized carbons (Fsp3) is 0.500. The largest absolute Gasteiger partial charge is 0.276 e.